The van der Waals surface area contributed by atoms with Gasteiger partial charge in [0.05, 0.1) is 12.2 Å². The van der Waals surface area contributed by atoms with E-state index >= 15 is 0 Å². The van der Waals surface area contributed by atoms with Gasteiger partial charge < -0.3 is 15.5 Å². The Bertz CT molecular complexity index is 465. The summed E-state index contributed by atoms with van der Waals surface area (Å²) < 4.78 is 0. The van der Waals surface area contributed by atoms with Crippen molar-refractivity contribution in [3.8, 4) is 0 Å². The Balaban J connectivity index is 2.45. The normalized spacial score (nSPS) is 11.6. The zero-order valence-electron chi connectivity index (χ0n) is 9.78. The van der Waals surface area contributed by atoms with Gasteiger partial charge in [0, 0.05) is 17.3 Å². The lowest BCUT2D eigenvalue weighted by Crippen LogP contribution is -2.43. The van der Waals surface area contributed by atoms with Crippen LogP contribution in [0.1, 0.15) is 6.42 Å². The fraction of sp³-hybridized carbons (Fsp3) is 0.273. The molecule has 1 aromatic heterocycles. The second-order valence-corrected chi connectivity index (χ2v) is 4.58. The minimum atomic E-state index is -1.41. The van der Waals surface area contributed by atoms with Gasteiger partial charge in [0.2, 0.25) is 5.91 Å². The molecule has 7 nitrogen and oxygen atoms in total. The number of pyridine rings is 1. The van der Waals surface area contributed by atoms with Gasteiger partial charge in [0.15, 0.2) is 0 Å². The van der Waals surface area contributed by atoms with E-state index in [1.807, 2.05) is 0 Å². The molecule has 0 aliphatic carbocycles. The second-order valence-electron chi connectivity index (χ2n) is 3.53. The summed E-state index contributed by atoms with van der Waals surface area (Å²) in [5, 5.41) is 19.5. The Kier molecular flexibility index (Phi) is 5.80. The number of rotatable bonds is 7. The number of carboxylic acid groups (broad SMARTS) is 2. The number of hydrogen-bond acceptors (Lipinski definition) is 5. The smallest absolute Gasteiger partial charge is 0.326 e. The Morgan fingerprint density at radius 1 is 1.26 bits per heavy atom. The highest BCUT2D eigenvalue weighted by molar-refractivity contribution is 8.00. The number of nitrogens with one attached hydrogen (secondary N) is 1. The van der Waals surface area contributed by atoms with Crippen LogP contribution in [0.3, 0.4) is 0 Å². The molecule has 0 spiro atoms. The SMILES string of the molecule is O=C(O)C[C@H](NC(=O)CSc1ccncc1)C(=O)O. The number of aliphatic carboxylic acids is 2. The van der Waals surface area contributed by atoms with Crippen LogP contribution >= 0.6 is 11.8 Å². The molecule has 3 N–H and O–H groups in total. The van der Waals surface area contributed by atoms with Crippen LogP contribution in [0.15, 0.2) is 29.4 Å². The first-order valence-electron chi connectivity index (χ1n) is 5.26. The van der Waals surface area contributed by atoms with E-state index in [2.05, 4.69) is 10.3 Å². The Morgan fingerprint density at radius 2 is 1.89 bits per heavy atom. The van der Waals surface area contributed by atoms with E-state index in [1.54, 1.807) is 24.5 Å². The van der Waals surface area contributed by atoms with Crippen molar-refractivity contribution in [1.29, 1.82) is 0 Å². The van der Waals surface area contributed by atoms with Crippen molar-refractivity contribution in [3.63, 3.8) is 0 Å². The van der Waals surface area contributed by atoms with Gasteiger partial charge in [-0.2, -0.15) is 0 Å². The Labute approximate surface area is 113 Å². The third-order valence-electron chi connectivity index (χ3n) is 2.03. The number of hydrogen-bond donors (Lipinski definition) is 3. The molecule has 1 aromatic rings. The molecule has 102 valence electrons. The molecule has 1 atom stereocenters. The van der Waals surface area contributed by atoms with Crippen molar-refractivity contribution in [2.45, 2.75) is 17.4 Å². The van der Waals surface area contributed by atoms with Crippen LogP contribution in [-0.2, 0) is 14.4 Å². The summed E-state index contributed by atoms with van der Waals surface area (Å²) in [6.45, 7) is 0. The molecule has 1 amide bonds. The van der Waals surface area contributed by atoms with Crippen LogP contribution < -0.4 is 5.32 Å². The molecule has 0 bridgehead atoms. The first-order chi connectivity index (χ1) is 8.99. The number of carbonyl (C=O) groups is 3. The molecule has 0 aliphatic heterocycles. The van der Waals surface area contributed by atoms with Gasteiger partial charge in [-0.15, -0.1) is 11.8 Å². The predicted molar refractivity (Wildman–Crippen MR) is 66.8 cm³/mol. The average molecular weight is 284 g/mol. The third kappa shape index (κ3) is 5.87. The number of amides is 1. The lowest BCUT2D eigenvalue weighted by Gasteiger charge is -2.12. The van der Waals surface area contributed by atoms with Crippen LogP contribution in [0.4, 0.5) is 0 Å². The van der Waals surface area contributed by atoms with Crippen LogP contribution in [0.2, 0.25) is 0 Å². The van der Waals surface area contributed by atoms with Gasteiger partial charge in [-0.05, 0) is 12.1 Å². The van der Waals surface area contributed by atoms with Gasteiger partial charge in [-0.25, -0.2) is 4.79 Å². The molecule has 0 saturated heterocycles. The van der Waals surface area contributed by atoms with Crippen LogP contribution in [0.5, 0.6) is 0 Å². The van der Waals surface area contributed by atoms with Gasteiger partial charge in [0.1, 0.15) is 6.04 Å². The maximum Gasteiger partial charge on any atom is 0.326 e. The molecule has 0 saturated carbocycles. The lowest BCUT2D eigenvalue weighted by atomic mass is 10.2. The minimum Gasteiger partial charge on any atom is -0.481 e. The number of aromatic nitrogens is 1. The summed E-state index contributed by atoms with van der Waals surface area (Å²) in [5.74, 6) is -3.18. The van der Waals surface area contributed by atoms with Crippen molar-refractivity contribution >= 4 is 29.6 Å². The molecular weight excluding hydrogens is 272 g/mol. The zero-order valence-corrected chi connectivity index (χ0v) is 10.6. The highest BCUT2D eigenvalue weighted by atomic mass is 32.2. The number of nitrogens with zero attached hydrogens (tertiary/aromatic N) is 1. The first kappa shape index (κ1) is 15.0. The highest BCUT2D eigenvalue weighted by Gasteiger charge is 2.22. The molecule has 19 heavy (non-hydrogen) atoms. The van der Waals surface area contributed by atoms with E-state index < -0.39 is 30.3 Å². The average Bonchev–Trinajstić information content (AvgIpc) is 2.36. The van der Waals surface area contributed by atoms with Gasteiger partial charge in [0.25, 0.3) is 0 Å². The van der Waals surface area contributed by atoms with Crippen LogP contribution in [-0.4, -0.2) is 44.8 Å². The van der Waals surface area contributed by atoms with E-state index in [0.717, 1.165) is 4.90 Å². The quantitative estimate of drug-likeness (QED) is 0.613. The first-order valence-corrected chi connectivity index (χ1v) is 6.24. The maximum atomic E-state index is 11.5. The van der Waals surface area contributed by atoms with Crippen LogP contribution in [0, 0.1) is 0 Å². The van der Waals surface area contributed by atoms with E-state index in [9.17, 15) is 14.4 Å². The largest absolute Gasteiger partial charge is 0.481 e. The number of carboxylic acids is 2. The Morgan fingerprint density at radius 3 is 2.42 bits per heavy atom. The topological polar surface area (TPSA) is 117 Å². The van der Waals surface area contributed by atoms with Crippen molar-refractivity contribution in [2.24, 2.45) is 0 Å². The second kappa shape index (κ2) is 7.37. The molecule has 0 unspecified atom stereocenters. The number of carbonyl (C=O) groups excluding carboxylic acids is 1. The monoisotopic (exact) mass is 284 g/mol. The van der Waals surface area contributed by atoms with E-state index in [1.165, 1.54) is 11.8 Å². The summed E-state index contributed by atoms with van der Waals surface area (Å²) in [7, 11) is 0. The molecule has 0 fully saturated rings. The van der Waals surface area contributed by atoms with Crippen molar-refractivity contribution in [1.82, 2.24) is 10.3 Å². The van der Waals surface area contributed by atoms with Crippen molar-refractivity contribution in [2.75, 3.05) is 5.75 Å². The lowest BCUT2D eigenvalue weighted by molar-refractivity contribution is -0.147. The molecule has 0 aromatic carbocycles. The van der Waals surface area contributed by atoms with Crippen molar-refractivity contribution < 1.29 is 24.6 Å². The molecular formula is C11H12N2O5S. The molecule has 1 rings (SSSR count). The number of thioether (sulfide) groups is 1. The van der Waals surface area contributed by atoms with Gasteiger partial charge >= 0.3 is 11.9 Å². The molecule has 0 aliphatic rings. The minimum absolute atomic E-state index is 0.00735. The third-order valence-corrected chi connectivity index (χ3v) is 3.04. The summed E-state index contributed by atoms with van der Waals surface area (Å²) >= 11 is 1.21. The van der Waals surface area contributed by atoms with E-state index in [4.69, 9.17) is 10.2 Å². The van der Waals surface area contributed by atoms with Gasteiger partial charge in [-0.1, -0.05) is 0 Å². The molecule has 8 heteroatoms. The summed E-state index contributed by atoms with van der Waals surface area (Å²) in [5.41, 5.74) is 0. The van der Waals surface area contributed by atoms with Crippen molar-refractivity contribution in [3.05, 3.63) is 24.5 Å². The van der Waals surface area contributed by atoms with Crippen LogP contribution in [0.25, 0.3) is 0 Å². The zero-order chi connectivity index (χ0) is 14.3. The van der Waals surface area contributed by atoms with E-state index in [0.29, 0.717) is 0 Å². The molecule has 1 heterocycles. The summed E-state index contributed by atoms with van der Waals surface area (Å²) in [6.07, 6.45) is 2.50. The Hall–Kier alpha value is -2.09. The van der Waals surface area contributed by atoms with E-state index in [-0.39, 0.29) is 5.75 Å². The standard InChI is InChI=1S/C11H12N2O5S/c14-9(6-19-7-1-3-12-4-2-7)13-8(11(17)18)5-10(15)16/h1-4,8H,5-6H2,(H,13,14)(H,15,16)(H,17,18)/t8-/m0/s1. The fourth-order valence-corrected chi connectivity index (χ4v) is 1.89. The maximum absolute atomic E-state index is 11.5. The van der Waals surface area contributed by atoms with Gasteiger partial charge in [-0.3, -0.25) is 14.6 Å². The highest BCUT2D eigenvalue weighted by Crippen LogP contribution is 2.15. The molecule has 0 radical (unpaired) electrons. The summed E-state index contributed by atoms with van der Waals surface area (Å²) in [4.78, 5) is 37.3. The summed E-state index contributed by atoms with van der Waals surface area (Å²) in [6, 6.07) is 2.01. The fourth-order valence-electron chi connectivity index (χ4n) is 1.19. The predicted octanol–water partition coefficient (Wildman–Crippen LogP) is 0.218.